The maximum absolute atomic E-state index is 12.9. The number of fused-ring (bicyclic) bond motifs is 1. The van der Waals surface area contributed by atoms with Crippen LogP contribution in [0.25, 0.3) is 0 Å². The summed E-state index contributed by atoms with van der Waals surface area (Å²) >= 11 is 3.50. The lowest BCUT2D eigenvalue weighted by molar-refractivity contribution is -0.136. The van der Waals surface area contributed by atoms with Crippen LogP contribution in [0.2, 0.25) is 0 Å². The summed E-state index contributed by atoms with van der Waals surface area (Å²) < 4.78 is 13.0. The van der Waals surface area contributed by atoms with Gasteiger partial charge in [-0.15, -0.1) is 0 Å². The molecule has 27 heavy (non-hydrogen) atoms. The van der Waals surface area contributed by atoms with Gasteiger partial charge in [0.1, 0.15) is 0 Å². The van der Waals surface area contributed by atoms with Crippen molar-refractivity contribution in [3.05, 3.63) is 33.7 Å². The third-order valence-corrected chi connectivity index (χ3v) is 7.69. The van der Waals surface area contributed by atoms with Gasteiger partial charge in [-0.25, -0.2) is 0 Å². The Morgan fingerprint density at radius 3 is 2.89 bits per heavy atom. The highest BCUT2D eigenvalue weighted by molar-refractivity contribution is 9.11. The van der Waals surface area contributed by atoms with Crippen LogP contribution in [0.3, 0.4) is 0 Å². The van der Waals surface area contributed by atoms with Crippen LogP contribution in [-0.2, 0) is 14.3 Å². The van der Waals surface area contributed by atoms with Gasteiger partial charge in [-0.1, -0.05) is 28.9 Å². The first kappa shape index (κ1) is 18.0. The van der Waals surface area contributed by atoms with E-state index >= 15 is 0 Å². The maximum Gasteiger partial charge on any atom is 0.174 e. The molecule has 0 amide bonds. The van der Waals surface area contributed by atoms with Gasteiger partial charge in [0, 0.05) is 28.9 Å². The molecule has 0 aromatic carbocycles. The first-order valence-electron chi connectivity index (χ1n) is 10.2. The fourth-order valence-corrected chi connectivity index (χ4v) is 6.51. The highest BCUT2D eigenvalue weighted by Crippen LogP contribution is 2.72. The topological polar surface area (TPSA) is 47.6 Å². The maximum atomic E-state index is 12.9. The number of allylic oxidation sites excluding steroid dienone is 3. The largest absolute Gasteiger partial charge is 0.493 e. The summed E-state index contributed by atoms with van der Waals surface area (Å²) in [4.78, 5) is 12.9. The van der Waals surface area contributed by atoms with Crippen LogP contribution >= 0.6 is 15.9 Å². The number of methoxy groups -OCH3 is 1. The van der Waals surface area contributed by atoms with Crippen molar-refractivity contribution < 1.29 is 14.3 Å². The highest BCUT2D eigenvalue weighted by Gasteiger charge is 2.73. The van der Waals surface area contributed by atoms with Gasteiger partial charge in [0.15, 0.2) is 23.4 Å². The molecule has 1 spiro atoms. The molecule has 1 saturated heterocycles. The number of hydrogen-bond donors (Lipinski definition) is 1. The summed E-state index contributed by atoms with van der Waals surface area (Å²) in [5.74, 6) is 3.08. The molecule has 1 aliphatic heterocycles. The van der Waals surface area contributed by atoms with Crippen LogP contribution in [0.1, 0.15) is 46.0 Å². The molecule has 4 aliphatic carbocycles. The van der Waals surface area contributed by atoms with Crippen molar-refractivity contribution in [3.8, 4) is 0 Å². The number of halogens is 1. The second-order valence-corrected chi connectivity index (χ2v) is 10.6. The third kappa shape index (κ3) is 2.46. The molecule has 3 saturated carbocycles. The van der Waals surface area contributed by atoms with E-state index in [4.69, 9.17) is 9.47 Å². The lowest BCUT2D eigenvalue weighted by Gasteiger charge is -2.43. The van der Waals surface area contributed by atoms with Gasteiger partial charge in [0.2, 0.25) is 0 Å². The van der Waals surface area contributed by atoms with Gasteiger partial charge in [-0.05, 0) is 61.5 Å². The van der Waals surface area contributed by atoms with E-state index in [9.17, 15) is 4.79 Å². The van der Waals surface area contributed by atoms with E-state index in [2.05, 4.69) is 34.2 Å². The average molecular weight is 434 g/mol. The van der Waals surface area contributed by atoms with Crippen molar-refractivity contribution in [1.29, 1.82) is 0 Å². The van der Waals surface area contributed by atoms with Crippen LogP contribution in [0.4, 0.5) is 0 Å². The fourth-order valence-electron chi connectivity index (χ4n) is 6.31. The summed E-state index contributed by atoms with van der Waals surface area (Å²) in [6.45, 7) is 5.46. The normalized spacial score (nSPS) is 44.1. The Bertz CT molecular complexity index is 791. The van der Waals surface area contributed by atoms with Gasteiger partial charge < -0.3 is 14.8 Å². The number of hydrogen-bond acceptors (Lipinski definition) is 4. The fraction of sp³-hybridized carbons (Fsp3) is 0.682. The van der Waals surface area contributed by atoms with Crippen LogP contribution < -0.4 is 5.32 Å². The lowest BCUT2D eigenvalue weighted by atomic mass is 9.62. The monoisotopic (exact) mass is 433 g/mol. The zero-order valence-corrected chi connectivity index (χ0v) is 17.9. The predicted molar refractivity (Wildman–Crippen MR) is 107 cm³/mol. The molecule has 1 N–H and O–H groups in total. The molecular weight excluding hydrogens is 406 g/mol. The molecule has 5 rings (SSSR count). The second-order valence-electron chi connectivity index (χ2n) is 9.35. The van der Waals surface area contributed by atoms with E-state index in [1.807, 2.05) is 13.0 Å². The number of ketones is 1. The van der Waals surface area contributed by atoms with Crippen molar-refractivity contribution in [2.24, 2.45) is 22.7 Å². The molecule has 5 heteroatoms. The Kier molecular flexibility index (Phi) is 3.97. The summed E-state index contributed by atoms with van der Waals surface area (Å²) in [6.07, 6.45) is 9.33. The van der Waals surface area contributed by atoms with E-state index in [0.29, 0.717) is 24.1 Å². The van der Waals surface area contributed by atoms with Gasteiger partial charge in [0.05, 0.1) is 7.11 Å². The van der Waals surface area contributed by atoms with E-state index in [-0.39, 0.29) is 22.7 Å². The Hall–Kier alpha value is -1.07. The molecule has 0 aromatic heterocycles. The number of carbonyl (C=O) groups is 1. The minimum atomic E-state index is -0.346. The van der Waals surface area contributed by atoms with Crippen molar-refractivity contribution in [2.45, 2.75) is 58.1 Å². The molecule has 146 valence electrons. The Morgan fingerprint density at radius 1 is 1.44 bits per heavy atom. The Morgan fingerprint density at radius 2 is 2.22 bits per heavy atom. The quantitative estimate of drug-likeness (QED) is 0.659. The molecule has 4 unspecified atom stereocenters. The van der Waals surface area contributed by atoms with E-state index in [1.54, 1.807) is 7.11 Å². The van der Waals surface area contributed by atoms with Crippen molar-refractivity contribution in [1.82, 2.24) is 5.32 Å². The summed E-state index contributed by atoms with van der Waals surface area (Å²) in [6, 6.07) is 0.444. The predicted octanol–water partition coefficient (Wildman–Crippen LogP) is 4.23. The van der Waals surface area contributed by atoms with E-state index in [0.717, 1.165) is 35.5 Å². The zero-order valence-electron chi connectivity index (χ0n) is 16.3. The number of ether oxygens (including phenoxy) is 2. The van der Waals surface area contributed by atoms with Gasteiger partial charge >= 0.3 is 0 Å². The SMILES string of the molecule is COC(/C=C(\C)Br)=C1\OC2C(=O)CCC3C(NCC4CC4)C4(C)C=C1[C@]23C4. The first-order chi connectivity index (χ1) is 12.9. The average Bonchev–Trinajstić information content (AvgIpc) is 3.24. The summed E-state index contributed by atoms with van der Waals surface area (Å²) in [7, 11) is 1.67. The van der Waals surface area contributed by atoms with Crippen molar-refractivity contribution in [2.75, 3.05) is 13.7 Å². The standard InChI is InChI=1S/C22H28BrNO3/c1-12(23)8-17(26-3)18-15-9-21(2)11-22(15)14(6-7-16(25)20(22)27-18)19(21)24-10-13-4-5-13/h8-9,13-14,19-20,24H,4-7,10-11H2,1-3H3/b12-8+,18-17-/t14?,19?,20?,21?,22-/m1/s1. The number of nitrogens with one attached hydrogen (secondary N) is 1. The zero-order chi connectivity index (χ0) is 19.0. The van der Waals surface area contributed by atoms with Crippen LogP contribution in [0.15, 0.2) is 33.7 Å². The molecule has 4 nitrogen and oxygen atoms in total. The van der Waals surface area contributed by atoms with Gasteiger partial charge in [-0.3, -0.25) is 4.79 Å². The molecule has 2 bridgehead atoms. The Labute approximate surface area is 169 Å². The molecule has 0 radical (unpaired) electrons. The molecule has 0 aromatic rings. The van der Waals surface area contributed by atoms with Crippen molar-refractivity contribution in [3.63, 3.8) is 0 Å². The highest BCUT2D eigenvalue weighted by atomic mass is 79.9. The molecule has 5 aliphatic rings. The Balaban J connectivity index is 1.60. The van der Waals surface area contributed by atoms with E-state index in [1.165, 1.54) is 18.4 Å². The molecule has 5 atom stereocenters. The minimum Gasteiger partial charge on any atom is -0.493 e. The smallest absolute Gasteiger partial charge is 0.174 e. The van der Waals surface area contributed by atoms with Crippen LogP contribution in [0.5, 0.6) is 0 Å². The first-order valence-corrected chi connectivity index (χ1v) is 11.0. The van der Waals surface area contributed by atoms with Crippen molar-refractivity contribution >= 4 is 21.7 Å². The lowest BCUT2D eigenvalue weighted by Crippen LogP contribution is -2.52. The molecule has 1 heterocycles. The second kappa shape index (κ2) is 5.96. The molecule has 4 fully saturated rings. The molecular formula is C22H28BrNO3. The van der Waals surface area contributed by atoms with Gasteiger partial charge in [0.25, 0.3) is 0 Å². The van der Waals surface area contributed by atoms with E-state index < -0.39 is 0 Å². The summed E-state index contributed by atoms with van der Waals surface area (Å²) in [5, 5.41) is 3.91. The number of Topliss-reactive ketones (excluding diaryl/α,β-unsaturated/α-hetero) is 1. The van der Waals surface area contributed by atoms with Crippen LogP contribution in [0, 0.1) is 22.7 Å². The number of rotatable bonds is 5. The minimum absolute atomic E-state index is 0.0821. The number of carbonyl (C=O) groups excluding carboxylic acids is 1. The van der Waals surface area contributed by atoms with Crippen LogP contribution in [-0.4, -0.2) is 31.6 Å². The summed E-state index contributed by atoms with van der Waals surface area (Å²) in [5.41, 5.74) is 1.14. The van der Waals surface area contributed by atoms with Gasteiger partial charge in [-0.2, -0.15) is 0 Å². The third-order valence-electron chi connectivity index (χ3n) is 7.46.